The second kappa shape index (κ2) is 5.31. The van der Waals surface area contributed by atoms with E-state index in [-0.39, 0.29) is 18.1 Å². The zero-order valence-corrected chi connectivity index (χ0v) is 9.67. The molecule has 2 N–H and O–H groups in total. The molecule has 0 aromatic rings. The van der Waals surface area contributed by atoms with Crippen LogP contribution >= 0.6 is 0 Å². The Kier molecular flexibility index (Phi) is 5.07. The normalized spacial score (nSPS) is 13.7. The minimum atomic E-state index is -3.04. The molecule has 0 aliphatic rings. The number of amides is 1. The van der Waals surface area contributed by atoms with Crippen molar-refractivity contribution in [1.82, 2.24) is 4.90 Å². The van der Waals surface area contributed by atoms with Gasteiger partial charge in [-0.2, -0.15) is 0 Å². The van der Waals surface area contributed by atoms with Crippen molar-refractivity contribution in [2.45, 2.75) is 19.4 Å². The van der Waals surface area contributed by atoms with Crippen molar-refractivity contribution in [2.24, 2.45) is 5.73 Å². The maximum Gasteiger partial charge on any atom is 0.239 e. The fourth-order valence-corrected chi connectivity index (χ4v) is 1.59. The summed E-state index contributed by atoms with van der Waals surface area (Å²) in [7, 11) is -1.39. The molecule has 1 amide bonds. The van der Waals surface area contributed by atoms with Gasteiger partial charge in [0.2, 0.25) is 5.91 Å². The summed E-state index contributed by atoms with van der Waals surface area (Å²) in [6.07, 6.45) is 1.32. The van der Waals surface area contributed by atoms with Crippen LogP contribution in [-0.2, 0) is 14.6 Å². The van der Waals surface area contributed by atoms with E-state index in [0.29, 0.717) is 6.54 Å². The maximum atomic E-state index is 11.4. The molecule has 0 aliphatic carbocycles. The third-order valence-corrected chi connectivity index (χ3v) is 2.94. The summed E-state index contributed by atoms with van der Waals surface area (Å²) in [5.74, 6) is -0.256. The third-order valence-electron chi connectivity index (χ3n) is 1.97. The van der Waals surface area contributed by atoms with E-state index in [4.69, 9.17) is 5.73 Å². The Morgan fingerprint density at radius 2 is 2.00 bits per heavy atom. The van der Waals surface area contributed by atoms with Crippen molar-refractivity contribution in [3.63, 3.8) is 0 Å². The summed E-state index contributed by atoms with van der Waals surface area (Å²) in [6, 6.07) is -0.713. The summed E-state index contributed by atoms with van der Waals surface area (Å²) < 4.78 is 21.6. The molecule has 0 aromatic carbocycles. The molecule has 0 aliphatic heterocycles. The Morgan fingerprint density at radius 3 is 2.36 bits per heavy atom. The second-order valence-electron chi connectivity index (χ2n) is 3.38. The fourth-order valence-electron chi connectivity index (χ4n) is 0.903. The first-order valence-corrected chi connectivity index (χ1v) is 6.52. The second-order valence-corrected chi connectivity index (χ2v) is 5.64. The van der Waals surface area contributed by atoms with E-state index in [0.717, 1.165) is 6.26 Å². The quantitative estimate of drug-likeness (QED) is 0.662. The largest absolute Gasteiger partial charge is 0.345 e. The lowest BCUT2D eigenvalue weighted by Gasteiger charge is -2.19. The molecule has 0 saturated heterocycles. The number of nitrogens with two attached hydrogens (primary N) is 1. The molecule has 6 heteroatoms. The predicted molar refractivity (Wildman–Crippen MR) is 55.6 cm³/mol. The molecule has 0 bridgehead atoms. The van der Waals surface area contributed by atoms with E-state index in [1.807, 2.05) is 6.92 Å². The zero-order chi connectivity index (χ0) is 11.4. The smallest absolute Gasteiger partial charge is 0.239 e. The molecule has 1 unspecified atom stereocenters. The maximum absolute atomic E-state index is 11.4. The number of nitrogens with zero attached hydrogens (tertiary/aromatic N) is 1. The minimum Gasteiger partial charge on any atom is -0.345 e. The monoisotopic (exact) mass is 222 g/mol. The molecule has 14 heavy (non-hydrogen) atoms. The summed E-state index contributed by atoms with van der Waals surface area (Å²) >= 11 is 0. The number of likely N-dealkylation sites (N-methyl/N-ethyl adjacent to an activating group) is 1. The van der Waals surface area contributed by atoms with Gasteiger partial charge < -0.3 is 10.6 Å². The lowest BCUT2D eigenvalue weighted by Crippen LogP contribution is -2.42. The van der Waals surface area contributed by atoms with Gasteiger partial charge in [0, 0.05) is 19.8 Å². The van der Waals surface area contributed by atoms with Crippen LogP contribution in [0.15, 0.2) is 0 Å². The Labute approximate surface area is 85.2 Å². The van der Waals surface area contributed by atoms with Crippen LogP contribution in [0.1, 0.15) is 13.3 Å². The van der Waals surface area contributed by atoms with Crippen molar-refractivity contribution < 1.29 is 13.2 Å². The average Bonchev–Trinajstić information content (AvgIpc) is 2.10. The average molecular weight is 222 g/mol. The molecule has 0 aromatic heterocycles. The summed E-state index contributed by atoms with van der Waals surface area (Å²) in [5, 5.41) is 0. The van der Waals surface area contributed by atoms with Crippen LogP contribution in [0.4, 0.5) is 0 Å². The molecule has 0 heterocycles. The molecular weight excluding hydrogens is 204 g/mol. The van der Waals surface area contributed by atoms with E-state index < -0.39 is 15.9 Å². The number of sulfone groups is 1. The first-order valence-electron chi connectivity index (χ1n) is 4.46. The van der Waals surface area contributed by atoms with Crippen LogP contribution in [0, 0.1) is 0 Å². The van der Waals surface area contributed by atoms with Gasteiger partial charge in [-0.1, -0.05) is 0 Å². The number of carbonyl (C=O) groups is 1. The highest BCUT2D eigenvalue weighted by atomic mass is 32.2. The van der Waals surface area contributed by atoms with Crippen molar-refractivity contribution in [1.29, 1.82) is 0 Å². The van der Waals surface area contributed by atoms with Gasteiger partial charge >= 0.3 is 0 Å². The Morgan fingerprint density at radius 1 is 1.50 bits per heavy atom. The highest BCUT2D eigenvalue weighted by Crippen LogP contribution is 1.97. The van der Waals surface area contributed by atoms with Crippen LogP contribution < -0.4 is 5.73 Å². The van der Waals surface area contributed by atoms with Gasteiger partial charge in [-0.05, 0) is 13.3 Å². The summed E-state index contributed by atoms with van der Waals surface area (Å²) in [5.41, 5.74) is 5.55. The Hall–Kier alpha value is -0.620. The van der Waals surface area contributed by atoms with Crippen LogP contribution in [-0.4, -0.2) is 50.9 Å². The highest BCUT2D eigenvalue weighted by molar-refractivity contribution is 7.90. The number of hydrogen-bond acceptors (Lipinski definition) is 4. The van der Waals surface area contributed by atoms with Crippen LogP contribution in [0.5, 0.6) is 0 Å². The van der Waals surface area contributed by atoms with Crippen molar-refractivity contribution >= 4 is 15.7 Å². The SMILES string of the molecule is CCN(C)C(=O)C(N)CCS(C)(=O)=O. The van der Waals surface area contributed by atoms with E-state index in [1.54, 1.807) is 7.05 Å². The number of hydrogen-bond donors (Lipinski definition) is 1. The topological polar surface area (TPSA) is 80.5 Å². The molecular formula is C8H18N2O3S. The van der Waals surface area contributed by atoms with Gasteiger partial charge in [0.15, 0.2) is 0 Å². The molecule has 0 saturated carbocycles. The first kappa shape index (κ1) is 13.4. The molecule has 0 rings (SSSR count). The lowest BCUT2D eigenvalue weighted by molar-refractivity contribution is -0.131. The Bertz CT molecular complexity index is 287. The standard InChI is InChI=1S/C8H18N2O3S/c1-4-10(2)8(11)7(9)5-6-14(3,12)13/h7H,4-6,9H2,1-3H3. The van der Waals surface area contributed by atoms with Crippen LogP contribution in [0.3, 0.4) is 0 Å². The van der Waals surface area contributed by atoms with Gasteiger partial charge in [0.1, 0.15) is 9.84 Å². The van der Waals surface area contributed by atoms with E-state index in [2.05, 4.69) is 0 Å². The Balaban J connectivity index is 4.09. The lowest BCUT2D eigenvalue weighted by atomic mass is 10.2. The highest BCUT2D eigenvalue weighted by Gasteiger charge is 2.18. The van der Waals surface area contributed by atoms with Crippen molar-refractivity contribution in [2.75, 3.05) is 25.6 Å². The summed E-state index contributed by atoms with van der Waals surface area (Å²) in [6.45, 7) is 2.41. The van der Waals surface area contributed by atoms with Crippen LogP contribution in [0.2, 0.25) is 0 Å². The van der Waals surface area contributed by atoms with Crippen molar-refractivity contribution in [3.05, 3.63) is 0 Å². The minimum absolute atomic E-state index is 0.0442. The molecule has 0 radical (unpaired) electrons. The summed E-state index contributed by atoms with van der Waals surface area (Å²) in [4.78, 5) is 12.9. The van der Waals surface area contributed by atoms with Gasteiger partial charge in [-0.25, -0.2) is 8.42 Å². The third kappa shape index (κ3) is 5.18. The molecule has 5 nitrogen and oxygen atoms in total. The molecule has 0 fully saturated rings. The van der Waals surface area contributed by atoms with E-state index in [1.165, 1.54) is 4.90 Å². The van der Waals surface area contributed by atoms with Gasteiger partial charge in [-0.3, -0.25) is 4.79 Å². The zero-order valence-electron chi connectivity index (χ0n) is 8.86. The van der Waals surface area contributed by atoms with E-state index in [9.17, 15) is 13.2 Å². The van der Waals surface area contributed by atoms with Crippen molar-refractivity contribution in [3.8, 4) is 0 Å². The van der Waals surface area contributed by atoms with Crippen LogP contribution in [0.25, 0.3) is 0 Å². The van der Waals surface area contributed by atoms with E-state index >= 15 is 0 Å². The first-order chi connectivity index (χ1) is 6.28. The molecule has 84 valence electrons. The predicted octanol–water partition coefficient (Wildman–Crippen LogP) is -0.773. The van der Waals surface area contributed by atoms with Gasteiger partial charge in [0.05, 0.1) is 11.8 Å². The molecule has 0 spiro atoms. The van der Waals surface area contributed by atoms with Gasteiger partial charge in [0.25, 0.3) is 0 Å². The number of carbonyl (C=O) groups excluding carboxylic acids is 1. The van der Waals surface area contributed by atoms with Gasteiger partial charge in [-0.15, -0.1) is 0 Å². The number of rotatable bonds is 5. The molecule has 1 atom stereocenters. The fraction of sp³-hybridized carbons (Fsp3) is 0.875.